The highest BCUT2D eigenvalue weighted by atomic mass is 16.5. The Morgan fingerprint density at radius 2 is 2.15 bits per heavy atom. The maximum Gasteiger partial charge on any atom is 0.276 e. The molecule has 1 unspecified atom stereocenters. The molecule has 27 heavy (non-hydrogen) atoms. The first-order valence-corrected chi connectivity index (χ1v) is 9.39. The number of nitrogens with zero attached hydrogens (tertiary/aromatic N) is 5. The molecule has 7 nitrogen and oxygen atoms in total. The van der Waals surface area contributed by atoms with Crippen LogP contribution in [0.2, 0.25) is 0 Å². The number of pyridine rings is 1. The average Bonchev–Trinajstić information content (AvgIpc) is 3.38. The van der Waals surface area contributed by atoms with Crippen molar-refractivity contribution in [1.82, 2.24) is 24.6 Å². The molecule has 0 aromatic carbocycles. The van der Waals surface area contributed by atoms with Crippen molar-refractivity contribution in [2.75, 3.05) is 13.1 Å². The highest BCUT2D eigenvalue weighted by Gasteiger charge is 2.29. The lowest BCUT2D eigenvalue weighted by Crippen LogP contribution is -2.40. The van der Waals surface area contributed by atoms with Crippen LogP contribution in [0.1, 0.15) is 53.3 Å². The molecular formula is C20H23N5O2. The van der Waals surface area contributed by atoms with Gasteiger partial charge in [0.1, 0.15) is 11.6 Å². The van der Waals surface area contributed by atoms with Gasteiger partial charge in [-0.25, -0.2) is 4.98 Å². The van der Waals surface area contributed by atoms with Gasteiger partial charge in [0.25, 0.3) is 5.91 Å². The first-order valence-electron chi connectivity index (χ1n) is 9.39. The molecule has 0 radical (unpaired) electrons. The Kier molecular flexibility index (Phi) is 5.00. The number of carbonyl (C=O) groups excluding carboxylic acids is 1. The van der Waals surface area contributed by atoms with Crippen molar-refractivity contribution < 1.29 is 9.32 Å². The molecule has 7 heteroatoms. The Hall–Kier alpha value is -2.96. The standard InChI is InChI=1S/C20H23N5O2/c1-2-17-12-18(23-27-17)20(26)25-10-3-4-16(14-25)19-22-9-11-24(19)13-15-5-7-21-8-6-15/h5-9,11-12,16H,2-4,10,13-14H2,1H3. The summed E-state index contributed by atoms with van der Waals surface area (Å²) in [5.41, 5.74) is 1.58. The van der Waals surface area contributed by atoms with Crippen molar-refractivity contribution in [1.29, 1.82) is 0 Å². The fourth-order valence-corrected chi connectivity index (χ4v) is 3.61. The van der Waals surface area contributed by atoms with E-state index in [0.29, 0.717) is 12.2 Å². The van der Waals surface area contributed by atoms with Gasteiger partial charge in [-0.2, -0.15) is 0 Å². The zero-order chi connectivity index (χ0) is 18.6. The predicted octanol–water partition coefficient (Wildman–Crippen LogP) is 2.90. The summed E-state index contributed by atoms with van der Waals surface area (Å²) in [6.07, 6.45) is 10.2. The van der Waals surface area contributed by atoms with Crippen LogP contribution in [0, 0.1) is 0 Å². The molecule has 0 bridgehead atoms. The monoisotopic (exact) mass is 365 g/mol. The van der Waals surface area contributed by atoms with Gasteiger partial charge in [0, 0.05) is 62.8 Å². The van der Waals surface area contributed by atoms with Gasteiger partial charge < -0.3 is 14.0 Å². The number of piperidine rings is 1. The minimum Gasteiger partial charge on any atom is -0.361 e. The van der Waals surface area contributed by atoms with Crippen molar-refractivity contribution in [3.63, 3.8) is 0 Å². The molecule has 0 saturated carbocycles. The minimum atomic E-state index is -0.0598. The predicted molar refractivity (Wildman–Crippen MR) is 99.3 cm³/mol. The zero-order valence-electron chi connectivity index (χ0n) is 15.4. The van der Waals surface area contributed by atoms with Gasteiger partial charge in [0.15, 0.2) is 5.69 Å². The van der Waals surface area contributed by atoms with Gasteiger partial charge in [-0.1, -0.05) is 12.1 Å². The maximum atomic E-state index is 12.8. The summed E-state index contributed by atoms with van der Waals surface area (Å²) in [4.78, 5) is 23.3. The lowest BCUT2D eigenvalue weighted by Gasteiger charge is -2.32. The number of aryl methyl sites for hydroxylation is 1. The Bertz CT molecular complexity index is 902. The van der Waals surface area contributed by atoms with E-state index in [2.05, 4.69) is 19.7 Å². The van der Waals surface area contributed by atoms with Crippen molar-refractivity contribution >= 4 is 5.91 Å². The van der Waals surface area contributed by atoms with Gasteiger partial charge in [-0.3, -0.25) is 9.78 Å². The number of hydrogen-bond acceptors (Lipinski definition) is 5. The van der Waals surface area contributed by atoms with Crippen LogP contribution in [0.5, 0.6) is 0 Å². The van der Waals surface area contributed by atoms with Crippen molar-refractivity contribution in [3.8, 4) is 0 Å². The number of carbonyl (C=O) groups is 1. The normalized spacial score (nSPS) is 17.2. The Morgan fingerprint density at radius 1 is 1.30 bits per heavy atom. The number of hydrogen-bond donors (Lipinski definition) is 0. The summed E-state index contributed by atoms with van der Waals surface area (Å²) < 4.78 is 7.36. The minimum absolute atomic E-state index is 0.0598. The summed E-state index contributed by atoms with van der Waals surface area (Å²) in [5.74, 6) is 1.92. The second kappa shape index (κ2) is 7.73. The third kappa shape index (κ3) is 3.77. The third-order valence-corrected chi connectivity index (χ3v) is 5.05. The smallest absolute Gasteiger partial charge is 0.276 e. The summed E-state index contributed by atoms with van der Waals surface area (Å²) in [7, 11) is 0. The summed E-state index contributed by atoms with van der Waals surface area (Å²) in [6, 6.07) is 5.77. The first kappa shape index (κ1) is 17.5. The van der Waals surface area contributed by atoms with Crippen LogP contribution in [-0.2, 0) is 13.0 Å². The van der Waals surface area contributed by atoms with E-state index < -0.39 is 0 Å². The molecule has 0 aliphatic carbocycles. The SMILES string of the molecule is CCc1cc(C(=O)N2CCCC(c3nccn3Cc3ccncc3)C2)no1. The Morgan fingerprint density at radius 3 is 2.93 bits per heavy atom. The fourth-order valence-electron chi connectivity index (χ4n) is 3.61. The van der Waals surface area contributed by atoms with Crippen molar-refractivity contribution in [2.24, 2.45) is 0 Å². The van der Waals surface area contributed by atoms with Crippen molar-refractivity contribution in [2.45, 2.75) is 38.6 Å². The van der Waals surface area contributed by atoms with E-state index in [-0.39, 0.29) is 11.8 Å². The van der Waals surface area contributed by atoms with E-state index in [1.165, 1.54) is 5.56 Å². The van der Waals surface area contributed by atoms with Crippen molar-refractivity contribution in [3.05, 3.63) is 65.8 Å². The van der Waals surface area contributed by atoms with E-state index in [1.807, 2.05) is 36.4 Å². The van der Waals surface area contributed by atoms with Crippen LogP contribution in [0.3, 0.4) is 0 Å². The van der Waals surface area contributed by atoms with Crippen LogP contribution < -0.4 is 0 Å². The first-order chi connectivity index (χ1) is 13.2. The maximum absolute atomic E-state index is 12.8. The molecule has 1 atom stereocenters. The van der Waals surface area contributed by atoms with Crippen LogP contribution in [0.25, 0.3) is 0 Å². The Balaban J connectivity index is 1.49. The lowest BCUT2D eigenvalue weighted by atomic mass is 9.96. The lowest BCUT2D eigenvalue weighted by molar-refractivity contribution is 0.0693. The molecule has 1 aliphatic rings. The molecule has 4 rings (SSSR count). The van der Waals surface area contributed by atoms with E-state index >= 15 is 0 Å². The highest BCUT2D eigenvalue weighted by Crippen LogP contribution is 2.27. The quantitative estimate of drug-likeness (QED) is 0.695. The summed E-state index contributed by atoms with van der Waals surface area (Å²) in [6.45, 7) is 4.13. The highest BCUT2D eigenvalue weighted by molar-refractivity contribution is 5.92. The molecule has 140 valence electrons. The fraction of sp³-hybridized carbons (Fsp3) is 0.400. The van der Waals surface area contributed by atoms with E-state index in [4.69, 9.17) is 4.52 Å². The number of aromatic nitrogens is 4. The average molecular weight is 365 g/mol. The molecule has 1 fully saturated rings. The molecule has 3 aromatic rings. The molecule has 0 N–H and O–H groups in total. The topological polar surface area (TPSA) is 77.1 Å². The van der Waals surface area contributed by atoms with Gasteiger partial charge in [0.2, 0.25) is 0 Å². The van der Waals surface area contributed by atoms with Gasteiger partial charge >= 0.3 is 0 Å². The molecule has 1 aliphatic heterocycles. The van der Waals surface area contributed by atoms with Crippen LogP contribution in [0.15, 0.2) is 47.5 Å². The van der Waals surface area contributed by atoms with Gasteiger partial charge in [0.05, 0.1) is 0 Å². The number of imidazole rings is 1. The summed E-state index contributed by atoms with van der Waals surface area (Å²) in [5, 5.41) is 3.93. The Labute approximate surface area is 158 Å². The number of rotatable bonds is 5. The number of amides is 1. The zero-order valence-corrected chi connectivity index (χ0v) is 15.4. The van der Waals surface area contributed by atoms with Crippen LogP contribution >= 0.6 is 0 Å². The van der Waals surface area contributed by atoms with E-state index in [9.17, 15) is 4.79 Å². The molecule has 4 heterocycles. The molecule has 1 amide bonds. The van der Waals surface area contributed by atoms with Crippen LogP contribution in [0.4, 0.5) is 0 Å². The van der Waals surface area contributed by atoms with E-state index in [0.717, 1.165) is 43.9 Å². The molecule has 3 aromatic heterocycles. The van der Waals surface area contributed by atoms with Crippen LogP contribution in [-0.4, -0.2) is 43.6 Å². The van der Waals surface area contributed by atoms with Gasteiger partial charge in [-0.05, 0) is 30.5 Å². The summed E-state index contributed by atoms with van der Waals surface area (Å²) >= 11 is 0. The second-order valence-electron chi connectivity index (χ2n) is 6.89. The number of likely N-dealkylation sites (tertiary alicyclic amines) is 1. The molecular weight excluding hydrogens is 342 g/mol. The molecule has 0 spiro atoms. The van der Waals surface area contributed by atoms with Gasteiger partial charge in [-0.15, -0.1) is 0 Å². The molecule has 1 saturated heterocycles. The van der Waals surface area contributed by atoms with E-state index in [1.54, 1.807) is 18.5 Å². The second-order valence-corrected chi connectivity index (χ2v) is 6.89. The largest absolute Gasteiger partial charge is 0.361 e. The third-order valence-electron chi connectivity index (χ3n) is 5.05.